The molecular formula is C32H49NO3Si. The van der Waals surface area contributed by atoms with Gasteiger partial charge in [0.15, 0.2) is 0 Å². The van der Waals surface area contributed by atoms with E-state index in [0.29, 0.717) is 35.1 Å². The molecule has 0 aromatic heterocycles. The van der Waals surface area contributed by atoms with E-state index in [-0.39, 0.29) is 6.04 Å². The summed E-state index contributed by atoms with van der Waals surface area (Å²) in [5, 5.41) is 22.9. The smallest absolute Gasteiger partial charge is 0.258 e. The molecule has 4 rings (SSSR count). The van der Waals surface area contributed by atoms with Gasteiger partial charge in [-0.15, -0.1) is 0 Å². The van der Waals surface area contributed by atoms with Crippen LogP contribution >= 0.6 is 0 Å². The average molecular weight is 524 g/mol. The maximum Gasteiger partial charge on any atom is 0.258 e. The van der Waals surface area contributed by atoms with Gasteiger partial charge in [0.1, 0.15) is 5.75 Å². The fourth-order valence-electron chi connectivity index (χ4n) is 7.87. The van der Waals surface area contributed by atoms with Gasteiger partial charge in [0, 0.05) is 24.5 Å². The Morgan fingerprint density at radius 3 is 1.84 bits per heavy atom. The number of aliphatic hydroxyl groups excluding tert-OH is 1. The van der Waals surface area contributed by atoms with E-state index in [1.54, 1.807) is 0 Å². The molecule has 204 valence electrons. The minimum absolute atomic E-state index is 0.000927. The summed E-state index contributed by atoms with van der Waals surface area (Å²) in [6.07, 6.45) is 3.87. The van der Waals surface area contributed by atoms with E-state index in [0.717, 1.165) is 37.0 Å². The highest BCUT2D eigenvalue weighted by molar-refractivity contribution is 6.78. The molecular weight excluding hydrogens is 474 g/mol. The molecule has 2 heterocycles. The van der Waals surface area contributed by atoms with Crippen molar-refractivity contribution in [2.24, 2.45) is 0 Å². The fraction of sp³-hybridized carbons (Fsp3) is 0.625. The summed E-state index contributed by atoms with van der Waals surface area (Å²) in [6, 6.07) is 19.2. The Morgan fingerprint density at radius 2 is 1.35 bits per heavy atom. The Kier molecular flexibility index (Phi) is 8.59. The number of hydrogen-bond donors (Lipinski definition) is 2. The normalized spacial score (nSPS) is 26.2. The van der Waals surface area contributed by atoms with E-state index in [1.807, 2.05) is 30.3 Å². The van der Waals surface area contributed by atoms with Crippen molar-refractivity contribution in [3.8, 4) is 5.75 Å². The van der Waals surface area contributed by atoms with Crippen molar-refractivity contribution in [3.05, 3.63) is 65.7 Å². The molecule has 0 spiro atoms. The van der Waals surface area contributed by atoms with Crippen LogP contribution in [0, 0.1) is 0 Å². The summed E-state index contributed by atoms with van der Waals surface area (Å²) in [5.74, 6) is 0.926. The first-order valence-corrected chi connectivity index (χ1v) is 16.6. The number of rotatable bonds is 10. The zero-order valence-electron chi connectivity index (χ0n) is 24.0. The molecule has 2 bridgehead atoms. The lowest BCUT2D eigenvalue weighted by molar-refractivity contribution is -0.0798. The largest absolute Gasteiger partial charge is 0.543 e. The molecule has 5 heteroatoms. The minimum Gasteiger partial charge on any atom is -0.543 e. The van der Waals surface area contributed by atoms with Gasteiger partial charge in [-0.3, -0.25) is 4.90 Å². The summed E-state index contributed by atoms with van der Waals surface area (Å²) < 4.78 is 6.83. The highest BCUT2D eigenvalue weighted by Crippen LogP contribution is 2.46. The molecule has 0 unspecified atom stereocenters. The van der Waals surface area contributed by atoms with Gasteiger partial charge in [-0.2, -0.15) is 0 Å². The molecule has 2 aromatic carbocycles. The van der Waals surface area contributed by atoms with E-state index in [2.05, 4.69) is 77.6 Å². The summed E-state index contributed by atoms with van der Waals surface area (Å²) in [6.45, 7) is 16.0. The second-order valence-electron chi connectivity index (χ2n) is 12.8. The molecule has 0 aliphatic carbocycles. The second-order valence-corrected chi connectivity index (χ2v) is 18.2. The van der Waals surface area contributed by atoms with Crippen LogP contribution in [-0.4, -0.2) is 47.2 Å². The summed E-state index contributed by atoms with van der Waals surface area (Å²) in [5.41, 5.74) is 3.05. The Morgan fingerprint density at radius 1 is 0.838 bits per heavy atom. The van der Waals surface area contributed by atoms with Gasteiger partial charge in [-0.05, 0) is 72.5 Å². The first kappa shape index (κ1) is 28.3. The van der Waals surface area contributed by atoms with Crippen molar-refractivity contribution in [2.45, 2.75) is 127 Å². The van der Waals surface area contributed by atoms with Crippen molar-refractivity contribution < 1.29 is 14.6 Å². The van der Waals surface area contributed by atoms with E-state index >= 15 is 0 Å². The van der Waals surface area contributed by atoms with Crippen molar-refractivity contribution in [1.29, 1.82) is 0 Å². The molecule has 2 N–H and O–H groups in total. The number of hydrogen-bond acceptors (Lipinski definition) is 4. The lowest BCUT2D eigenvalue weighted by Crippen LogP contribution is -2.55. The van der Waals surface area contributed by atoms with Gasteiger partial charge in [0.25, 0.3) is 8.32 Å². The van der Waals surface area contributed by atoms with Crippen molar-refractivity contribution in [1.82, 2.24) is 4.90 Å². The van der Waals surface area contributed by atoms with Crippen molar-refractivity contribution in [2.75, 3.05) is 0 Å². The van der Waals surface area contributed by atoms with Crippen molar-refractivity contribution in [3.63, 3.8) is 0 Å². The van der Waals surface area contributed by atoms with Gasteiger partial charge in [-0.1, -0.05) is 84.0 Å². The lowest BCUT2D eigenvalue weighted by Gasteiger charge is -2.47. The molecule has 2 aliphatic rings. The summed E-state index contributed by atoms with van der Waals surface area (Å²) >= 11 is 0. The SMILES string of the molecule is CC(C)[Si](Oc1ccc([C@H](O)[C@H](C)N2[C@H]3CC[C@H]2CC(O)(Cc2ccccc2)C3)cc1)(C(C)C)C(C)C. The predicted octanol–water partition coefficient (Wildman–Crippen LogP) is 7.26. The van der Waals surface area contributed by atoms with Crippen LogP contribution in [0.2, 0.25) is 16.6 Å². The van der Waals surface area contributed by atoms with E-state index in [9.17, 15) is 10.2 Å². The zero-order chi connectivity index (χ0) is 27.0. The molecule has 4 nitrogen and oxygen atoms in total. The molecule has 2 aromatic rings. The second kappa shape index (κ2) is 11.2. The Hall–Kier alpha value is -1.66. The van der Waals surface area contributed by atoms with Crippen LogP contribution in [-0.2, 0) is 6.42 Å². The summed E-state index contributed by atoms with van der Waals surface area (Å²) in [4.78, 5) is 2.50. The van der Waals surface area contributed by atoms with E-state index in [4.69, 9.17) is 4.43 Å². The third-order valence-electron chi connectivity index (χ3n) is 9.43. The Labute approximate surface area is 226 Å². The van der Waals surface area contributed by atoms with Crippen LogP contribution in [0.3, 0.4) is 0 Å². The van der Waals surface area contributed by atoms with Crippen LogP contribution in [0.15, 0.2) is 54.6 Å². The number of piperidine rings is 1. The van der Waals surface area contributed by atoms with E-state index < -0.39 is 20.0 Å². The van der Waals surface area contributed by atoms with Gasteiger partial charge in [-0.25, -0.2) is 0 Å². The standard InChI is InChI=1S/C32H49NO3Si/c1-22(2)37(23(3)4,24(5)6)36-30-17-13-27(14-18-30)31(34)25(7)33-28-15-16-29(33)21-32(35,20-28)19-26-11-9-8-10-12-26/h8-14,17-18,22-25,28-29,31,34-35H,15-16,19-21H2,1-7H3/t25-,28-,29-,31+/m0/s1. The molecule has 0 saturated carbocycles. The quantitative estimate of drug-likeness (QED) is 0.322. The molecule has 4 atom stereocenters. The van der Waals surface area contributed by atoms with Gasteiger partial charge >= 0.3 is 0 Å². The van der Waals surface area contributed by atoms with Crippen LogP contribution in [0.1, 0.15) is 91.4 Å². The van der Waals surface area contributed by atoms with Crippen molar-refractivity contribution >= 4 is 8.32 Å². The Balaban J connectivity index is 1.44. The molecule has 2 saturated heterocycles. The number of aliphatic hydroxyl groups is 2. The molecule has 0 amide bonds. The molecule has 37 heavy (non-hydrogen) atoms. The molecule has 0 radical (unpaired) electrons. The van der Waals surface area contributed by atoms with Crippen LogP contribution < -0.4 is 4.43 Å². The first-order chi connectivity index (χ1) is 17.5. The van der Waals surface area contributed by atoms with Crippen LogP contribution in [0.25, 0.3) is 0 Å². The number of fused-ring (bicyclic) bond motifs is 2. The third-order valence-corrected chi connectivity index (χ3v) is 15.4. The third kappa shape index (κ3) is 5.70. The fourth-order valence-corrected chi connectivity index (χ4v) is 13.1. The zero-order valence-corrected chi connectivity index (χ0v) is 25.0. The monoisotopic (exact) mass is 523 g/mol. The van der Waals surface area contributed by atoms with Crippen LogP contribution in [0.5, 0.6) is 5.75 Å². The van der Waals surface area contributed by atoms with Gasteiger partial charge in [0.05, 0.1) is 11.7 Å². The maximum absolute atomic E-state index is 11.5. The average Bonchev–Trinajstić information content (AvgIpc) is 3.13. The lowest BCUT2D eigenvalue weighted by atomic mass is 9.80. The number of nitrogens with zero attached hydrogens (tertiary/aromatic N) is 1. The summed E-state index contributed by atoms with van der Waals surface area (Å²) in [7, 11) is -2.01. The minimum atomic E-state index is -2.01. The predicted molar refractivity (Wildman–Crippen MR) is 156 cm³/mol. The molecule has 2 fully saturated rings. The van der Waals surface area contributed by atoms with Gasteiger partial charge in [0.2, 0.25) is 0 Å². The Bertz CT molecular complexity index is 971. The topological polar surface area (TPSA) is 52.9 Å². The number of benzene rings is 2. The highest BCUT2D eigenvalue weighted by Gasteiger charge is 2.50. The molecule has 2 aliphatic heterocycles. The van der Waals surface area contributed by atoms with E-state index in [1.165, 1.54) is 5.56 Å². The maximum atomic E-state index is 11.5. The first-order valence-electron chi connectivity index (χ1n) is 14.5. The highest BCUT2D eigenvalue weighted by atomic mass is 28.4. The van der Waals surface area contributed by atoms with Gasteiger partial charge < -0.3 is 14.6 Å². The van der Waals surface area contributed by atoms with Crippen LogP contribution in [0.4, 0.5) is 0 Å².